The number of hydrogen-bond acceptors (Lipinski definition) is 3. The molecule has 152 valence electrons. The first-order valence-corrected chi connectivity index (χ1v) is 10.2. The summed E-state index contributed by atoms with van der Waals surface area (Å²) in [6, 6.07) is 18.1. The number of anilines is 1. The van der Waals surface area contributed by atoms with Crippen LogP contribution in [-0.4, -0.2) is 27.1 Å². The molecule has 0 saturated carbocycles. The van der Waals surface area contributed by atoms with E-state index in [0.717, 1.165) is 23.4 Å². The van der Waals surface area contributed by atoms with Gasteiger partial charge in [0.05, 0.1) is 6.20 Å². The molecule has 3 aromatic rings. The fourth-order valence-electron chi connectivity index (χ4n) is 3.47. The highest BCUT2D eigenvalue weighted by molar-refractivity contribution is 5.90. The molecule has 1 aromatic heterocycles. The predicted octanol–water partition coefficient (Wildman–Crippen LogP) is 4.59. The monoisotopic (exact) mass is 390 g/mol. The van der Waals surface area contributed by atoms with E-state index in [1.807, 2.05) is 78.3 Å². The molecule has 0 radical (unpaired) electrons. The lowest BCUT2D eigenvalue weighted by molar-refractivity contribution is -0.136. The molecule has 0 bridgehead atoms. The average molecular weight is 391 g/mol. The lowest BCUT2D eigenvalue weighted by atomic mass is 9.89. The molecule has 0 unspecified atom stereocenters. The molecule has 0 aliphatic heterocycles. The third kappa shape index (κ3) is 4.67. The molecule has 1 atom stereocenters. The fraction of sp³-hybridized carbons (Fsp3) is 0.333. The molecule has 0 fully saturated rings. The molecule has 1 N–H and O–H groups in total. The zero-order valence-electron chi connectivity index (χ0n) is 17.7. The van der Waals surface area contributed by atoms with Crippen LogP contribution in [0.2, 0.25) is 0 Å². The van der Waals surface area contributed by atoms with Crippen molar-refractivity contribution in [2.45, 2.75) is 46.3 Å². The van der Waals surface area contributed by atoms with Gasteiger partial charge in [-0.05, 0) is 45.4 Å². The fourth-order valence-corrected chi connectivity index (χ4v) is 3.47. The smallest absolute Gasteiger partial charge is 0.252 e. The molecule has 2 aromatic carbocycles. The third-order valence-corrected chi connectivity index (χ3v) is 5.28. The summed E-state index contributed by atoms with van der Waals surface area (Å²) in [5.74, 6) is 0.0380. The molecule has 3 rings (SSSR count). The Morgan fingerprint density at radius 3 is 2.38 bits per heavy atom. The van der Waals surface area contributed by atoms with E-state index in [2.05, 4.69) is 36.4 Å². The van der Waals surface area contributed by atoms with Crippen molar-refractivity contribution in [1.29, 1.82) is 0 Å². The average Bonchev–Trinajstić information content (AvgIpc) is 3.21. The summed E-state index contributed by atoms with van der Waals surface area (Å²) in [6.45, 7) is 10.1. The molecule has 0 aliphatic rings. The summed E-state index contributed by atoms with van der Waals surface area (Å²) in [5.41, 5.74) is 3.20. The van der Waals surface area contributed by atoms with Crippen LogP contribution >= 0.6 is 0 Å². The summed E-state index contributed by atoms with van der Waals surface area (Å²) < 4.78 is 1.88. The highest BCUT2D eigenvalue weighted by Crippen LogP contribution is 2.29. The van der Waals surface area contributed by atoms with E-state index >= 15 is 0 Å². The van der Waals surface area contributed by atoms with E-state index < -0.39 is 5.54 Å². The number of carbonyl (C=O) groups excluding carboxylic acids is 1. The number of nitrogens with one attached hydrogen (secondary N) is 1. The molecule has 0 aliphatic carbocycles. The number of aromatic nitrogens is 2. The van der Waals surface area contributed by atoms with Gasteiger partial charge in [0.2, 0.25) is 0 Å². The lowest BCUT2D eigenvalue weighted by Crippen LogP contribution is -2.49. The van der Waals surface area contributed by atoms with E-state index in [1.165, 1.54) is 5.56 Å². The standard InChI is InChI=1S/C24H30N4O/c1-5-27(17-20-16-25-28(6-2)18-20)23(29)24(4,21-10-8-7-9-11-21)26-22-14-12-19(3)13-15-22/h7-16,18,26H,5-6,17H2,1-4H3/t24-/m1/s1. The largest absolute Gasteiger partial charge is 0.368 e. The van der Waals surface area contributed by atoms with Gasteiger partial charge in [-0.25, -0.2) is 0 Å². The van der Waals surface area contributed by atoms with Gasteiger partial charge in [-0.15, -0.1) is 0 Å². The van der Waals surface area contributed by atoms with Crippen molar-refractivity contribution in [1.82, 2.24) is 14.7 Å². The minimum atomic E-state index is -0.882. The van der Waals surface area contributed by atoms with Crippen LogP contribution in [0.5, 0.6) is 0 Å². The minimum Gasteiger partial charge on any atom is -0.368 e. The molecule has 5 heteroatoms. The van der Waals surface area contributed by atoms with Gasteiger partial charge in [-0.3, -0.25) is 9.48 Å². The van der Waals surface area contributed by atoms with Gasteiger partial charge in [-0.2, -0.15) is 5.10 Å². The molecule has 0 saturated heterocycles. The Hall–Kier alpha value is -3.08. The Labute approximate surface area is 173 Å². The highest BCUT2D eigenvalue weighted by Gasteiger charge is 2.38. The third-order valence-electron chi connectivity index (χ3n) is 5.28. The van der Waals surface area contributed by atoms with Crippen molar-refractivity contribution in [3.05, 3.63) is 83.7 Å². The van der Waals surface area contributed by atoms with Crippen LogP contribution in [0, 0.1) is 6.92 Å². The number of likely N-dealkylation sites (N-methyl/N-ethyl adjacent to an activating group) is 1. The van der Waals surface area contributed by atoms with Crippen LogP contribution in [0.15, 0.2) is 67.0 Å². The predicted molar refractivity (Wildman–Crippen MR) is 118 cm³/mol. The normalized spacial score (nSPS) is 13.0. The Kier molecular flexibility index (Phi) is 6.37. The highest BCUT2D eigenvalue weighted by atomic mass is 16.2. The van der Waals surface area contributed by atoms with Gasteiger partial charge in [0.25, 0.3) is 5.91 Å². The second-order valence-electron chi connectivity index (χ2n) is 7.51. The van der Waals surface area contributed by atoms with Crippen LogP contribution in [0.4, 0.5) is 5.69 Å². The summed E-state index contributed by atoms with van der Waals surface area (Å²) >= 11 is 0. The summed E-state index contributed by atoms with van der Waals surface area (Å²) in [6.07, 6.45) is 3.84. The van der Waals surface area contributed by atoms with E-state index in [1.54, 1.807) is 0 Å². The Morgan fingerprint density at radius 2 is 1.79 bits per heavy atom. The van der Waals surface area contributed by atoms with E-state index in [9.17, 15) is 4.79 Å². The van der Waals surface area contributed by atoms with Crippen LogP contribution in [-0.2, 0) is 23.4 Å². The van der Waals surface area contributed by atoms with Crippen molar-refractivity contribution in [2.24, 2.45) is 0 Å². The molecule has 1 amide bonds. The number of nitrogens with zero attached hydrogens (tertiary/aromatic N) is 3. The number of rotatable bonds is 8. The zero-order valence-corrected chi connectivity index (χ0v) is 17.7. The SMILES string of the molecule is CCN(Cc1cnn(CC)c1)C(=O)[C@](C)(Nc1ccc(C)cc1)c1ccccc1. The van der Waals surface area contributed by atoms with E-state index in [-0.39, 0.29) is 5.91 Å². The van der Waals surface area contributed by atoms with Gasteiger partial charge in [0.15, 0.2) is 0 Å². The van der Waals surface area contributed by atoms with Gasteiger partial charge in [0, 0.05) is 37.1 Å². The van der Waals surface area contributed by atoms with Gasteiger partial charge in [0.1, 0.15) is 5.54 Å². The second kappa shape index (κ2) is 8.95. The van der Waals surface area contributed by atoms with E-state index in [0.29, 0.717) is 13.1 Å². The van der Waals surface area contributed by atoms with Crippen molar-refractivity contribution < 1.29 is 4.79 Å². The van der Waals surface area contributed by atoms with Gasteiger partial charge in [-0.1, -0.05) is 48.0 Å². The zero-order chi connectivity index (χ0) is 20.9. The van der Waals surface area contributed by atoms with Crippen molar-refractivity contribution in [3.8, 4) is 0 Å². The van der Waals surface area contributed by atoms with Crippen LogP contribution in [0.25, 0.3) is 0 Å². The van der Waals surface area contributed by atoms with Crippen LogP contribution in [0.1, 0.15) is 37.5 Å². The van der Waals surface area contributed by atoms with Gasteiger partial charge < -0.3 is 10.2 Å². The number of carbonyl (C=O) groups is 1. The molecule has 1 heterocycles. The second-order valence-corrected chi connectivity index (χ2v) is 7.51. The number of hydrogen-bond donors (Lipinski definition) is 1. The Balaban J connectivity index is 1.92. The molecule has 0 spiro atoms. The number of benzene rings is 2. The van der Waals surface area contributed by atoms with Crippen LogP contribution in [0.3, 0.4) is 0 Å². The lowest BCUT2D eigenvalue weighted by Gasteiger charge is -2.36. The Morgan fingerprint density at radius 1 is 1.10 bits per heavy atom. The van der Waals surface area contributed by atoms with Crippen molar-refractivity contribution >= 4 is 11.6 Å². The maximum Gasteiger partial charge on any atom is 0.252 e. The van der Waals surface area contributed by atoms with Crippen molar-refractivity contribution in [3.63, 3.8) is 0 Å². The van der Waals surface area contributed by atoms with Crippen LogP contribution < -0.4 is 5.32 Å². The first-order valence-electron chi connectivity index (χ1n) is 10.2. The maximum absolute atomic E-state index is 13.8. The number of amides is 1. The summed E-state index contributed by atoms with van der Waals surface area (Å²) in [4.78, 5) is 15.7. The summed E-state index contributed by atoms with van der Waals surface area (Å²) in [7, 11) is 0. The maximum atomic E-state index is 13.8. The molecular formula is C24H30N4O. The first kappa shape index (κ1) is 20.6. The summed E-state index contributed by atoms with van der Waals surface area (Å²) in [5, 5.41) is 7.84. The molecule has 5 nitrogen and oxygen atoms in total. The topological polar surface area (TPSA) is 50.2 Å². The number of aryl methyl sites for hydroxylation is 2. The van der Waals surface area contributed by atoms with E-state index in [4.69, 9.17) is 0 Å². The molecule has 29 heavy (non-hydrogen) atoms. The Bertz CT molecular complexity index is 933. The van der Waals surface area contributed by atoms with Gasteiger partial charge >= 0.3 is 0 Å². The molecular weight excluding hydrogens is 360 g/mol. The first-order chi connectivity index (χ1) is 14.0. The minimum absolute atomic E-state index is 0.0380. The quantitative estimate of drug-likeness (QED) is 0.612. The van der Waals surface area contributed by atoms with Crippen molar-refractivity contribution in [2.75, 3.05) is 11.9 Å².